The molecule has 0 aliphatic carbocycles. The van der Waals surface area contributed by atoms with Gasteiger partial charge in [-0.05, 0) is 43.7 Å². The summed E-state index contributed by atoms with van der Waals surface area (Å²) in [6.07, 6.45) is 0. The van der Waals surface area contributed by atoms with Crippen LogP contribution in [0.15, 0.2) is 77.6 Å². The molecule has 0 fully saturated rings. The molecule has 3 heteroatoms. The normalized spacial score (nSPS) is 9.03. The molecular weight excluding hydrogens is 394 g/mol. The molecule has 0 saturated heterocycles. The summed E-state index contributed by atoms with van der Waals surface area (Å²) in [5.74, 6) is -0.0241. The number of rotatable bonds is 1. The van der Waals surface area contributed by atoms with Crippen LogP contribution in [0.1, 0.15) is 64.4 Å². The van der Waals surface area contributed by atoms with Crippen LogP contribution >= 0.6 is 0 Å². The summed E-state index contributed by atoms with van der Waals surface area (Å²) in [6, 6.07) is 23.2. The van der Waals surface area contributed by atoms with Gasteiger partial charge in [0.2, 0.25) is 0 Å². The summed E-state index contributed by atoms with van der Waals surface area (Å²) in [6.45, 7) is 15.4. The molecule has 3 aromatic carbocycles. The Labute approximate surface area is 193 Å². The Morgan fingerprint density at radius 1 is 0.719 bits per heavy atom. The molecule has 1 heterocycles. The van der Waals surface area contributed by atoms with Gasteiger partial charge in [0.25, 0.3) is 0 Å². The number of fused-ring (bicyclic) bond motifs is 2. The van der Waals surface area contributed by atoms with Crippen LogP contribution in [0.2, 0.25) is 0 Å². The lowest BCUT2D eigenvalue weighted by Crippen LogP contribution is -2.12. The van der Waals surface area contributed by atoms with Gasteiger partial charge in [-0.2, -0.15) is 0 Å². The highest BCUT2D eigenvalue weighted by Gasteiger charge is 2.14. The number of aromatic nitrogens is 1. The Balaban J connectivity index is 0.000000671. The second-order valence-electron chi connectivity index (χ2n) is 6.32. The van der Waals surface area contributed by atoms with Gasteiger partial charge in [0.1, 0.15) is 0 Å². The largest absolute Gasteiger partial charge is 0.343 e. The standard InChI is InChI=1S/C17H15NO2.C6H6.3C2H6/c1-10-8-13(11(2)19)16-14(9-10)17(20)12-6-4-5-7-15(12)18(16)3;1-2-4-6-5-3-1;3*1-2/h4-9H,1-3H3;1-6H;3*1-2H3. The molecule has 0 aliphatic rings. The van der Waals surface area contributed by atoms with Gasteiger partial charge in [-0.25, -0.2) is 0 Å². The number of nitrogens with zero attached hydrogens (tertiary/aromatic N) is 1. The lowest BCUT2D eigenvalue weighted by Gasteiger charge is -2.13. The molecule has 0 aliphatic heterocycles. The topological polar surface area (TPSA) is 39.1 Å². The molecular formula is C29H39NO2. The van der Waals surface area contributed by atoms with Crippen molar-refractivity contribution in [2.24, 2.45) is 7.05 Å². The van der Waals surface area contributed by atoms with E-state index in [9.17, 15) is 9.59 Å². The smallest absolute Gasteiger partial charge is 0.197 e. The molecule has 0 atom stereocenters. The van der Waals surface area contributed by atoms with Crippen molar-refractivity contribution >= 4 is 27.6 Å². The highest BCUT2D eigenvalue weighted by atomic mass is 16.1. The molecule has 0 unspecified atom stereocenters. The molecule has 0 spiro atoms. The van der Waals surface area contributed by atoms with Crippen molar-refractivity contribution in [1.82, 2.24) is 4.57 Å². The third-order valence-corrected chi connectivity index (χ3v) is 4.39. The summed E-state index contributed by atoms with van der Waals surface area (Å²) in [4.78, 5) is 24.5. The number of hydrogen-bond acceptors (Lipinski definition) is 2. The number of ketones is 1. The van der Waals surface area contributed by atoms with Crippen LogP contribution < -0.4 is 5.43 Å². The molecule has 0 amide bonds. The number of carbonyl (C=O) groups excluding carboxylic acids is 1. The SMILES string of the molecule is CC.CC.CC.CC(=O)c1cc(C)cc2c(=O)c3ccccc3n(C)c12.c1ccccc1. The van der Waals surface area contributed by atoms with Crippen molar-refractivity contribution in [2.75, 3.05) is 0 Å². The summed E-state index contributed by atoms with van der Waals surface area (Å²) in [7, 11) is 1.89. The first-order valence-corrected chi connectivity index (χ1v) is 11.5. The lowest BCUT2D eigenvalue weighted by molar-refractivity contribution is 0.101. The predicted octanol–water partition coefficient (Wildman–Crippen LogP) is 7.97. The van der Waals surface area contributed by atoms with Gasteiger partial charge in [0, 0.05) is 23.4 Å². The third kappa shape index (κ3) is 7.19. The van der Waals surface area contributed by atoms with Gasteiger partial charge in [-0.3, -0.25) is 9.59 Å². The summed E-state index contributed by atoms with van der Waals surface area (Å²) in [5, 5.41) is 1.29. The number of hydrogen-bond donors (Lipinski definition) is 0. The van der Waals surface area contributed by atoms with Gasteiger partial charge < -0.3 is 4.57 Å². The minimum atomic E-state index is -0.0241. The molecule has 0 N–H and O–H groups in total. The third-order valence-electron chi connectivity index (χ3n) is 4.39. The van der Waals surface area contributed by atoms with E-state index in [0.717, 1.165) is 11.1 Å². The number of aryl methyl sites for hydroxylation is 2. The van der Waals surface area contributed by atoms with E-state index in [1.54, 1.807) is 0 Å². The Morgan fingerprint density at radius 2 is 1.19 bits per heavy atom. The summed E-state index contributed by atoms with van der Waals surface area (Å²) >= 11 is 0. The number of pyridine rings is 1. The number of para-hydroxylation sites is 1. The van der Waals surface area contributed by atoms with E-state index < -0.39 is 0 Å². The molecule has 0 radical (unpaired) electrons. The van der Waals surface area contributed by atoms with Crippen molar-refractivity contribution in [1.29, 1.82) is 0 Å². The molecule has 3 nitrogen and oxygen atoms in total. The van der Waals surface area contributed by atoms with E-state index in [1.165, 1.54) is 6.92 Å². The number of Topliss-reactive ketones (excluding diaryl/α,β-unsaturated/α-hetero) is 1. The van der Waals surface area contributed by atoms with E-state index in [1.807, 2.05) is 133 Å². The van der Waals surface area contributed by atoms with E-state index >= 15 is 0 Å². The maximum absolute atomic E-state index is 12.6. The highest BCUT2D eigenvalue weighted by molar-refractivity contribution is 6.08. The fraction of sp³-hybridized carbons (Fsp3) is 0.310. The van der Waals surface area contributed by atoms with Crippen LogP contribution in [0.3, 0.4) is 0 Å². The van der Waals surface area contributed by atoms with E-state index in [4.69, 9.17) is 0 Å². The van der Waals surface area contributed by atoms with Crippen LogP contribution in [0.5, 0.6) is 0 Å². The van der Waals surface area contributed by atoms with Crippen LogP contribution in [-0.4, -0.2) is 10.4 Å². The molecule has 172 valence electrons. The number of carbonyl (C=O) groups is 1. The monoisotopic (exact) mass is 433 g/mol. The van der Waals surface area contributed by atoms with Gasteiger partial charge >= 0.3 is 0 Å². The maximum Gasteiger partial charge on any atom is 0.197 e. The molecule has 0 bridgehead atoms. The lowest BCUT2D eigenvalue weighted by atomic mass is 10.0. The van der Waals surface area contributed by atoms with E-state index in [0.29, 0.717) is 21.9 Å². The molecule has 4 rings (SSSR count). The first-order valence-electron chi connectivity index (χ1n) is 11.5. The zero-order chi connectivity index (χ0) is 24.7. The Morgan fingerprint density at radius 3 is 1.66 bits per heavy atom. The molecule has 4 aromatic rings. The molecule has 1 aromatic heterocycles. The Hall–Kier alpha value is -3.20. The fourth-order valence-corrected chi connectivity index (χ4v) is 3.19. The zero-order valence-electron chi connectivity index (χ0n) is 21.2. The maximum atomic E-state index is 12.6. The summed E-state index contributed by atoms with van der Waals surface area (Å²) in [5.41, 5.74) is 3.07. The number of benzene rings is 3. The van der Waals surface area contributed by atoms with Crippen molar-refractivity contribution in [3.05, 3.63) is 94.1 Å². The minimum absolute atomic E-state index is 0.0140. The van der Waals surface area contributed by atoms with Crippen molar-refractivity contribution in [3.8, 4) is 0 Å². The Bertz CT molecular complexity index is 1120. The van der Waals surface area contributed by atoms with Crippen molar-refractivity contribution in [3.63, 3.8) is 0 Å². The van der Waals surface area contributed by atoms with E-state index in [-0.39, 0.29) is 11.2 Å². The quantitative estimate of drug-likeness (QED) is 0.225. The van der Waals surface area contributed by atoms with Gasteiger partial charge in [0.15, 0.2) is 11.2 Å². The summed E-state index contributed by atoms with van der Waals surface area (Å²) < 4.78 is 1.93. The van der Waals surface area contributed by atoms with Crippen molar-refractivity contribution < 1.29 is 4.79 Å². The predicted molar refractivity (Wildman–Crippen MR) is 142 cm³/mol. The fourth-order valence-electron chi connectivity index (χ4n) is 3.19. The van der Waals surface area contributed by atoms with Crippen LogP contribution in [-0.2, 0) is 7.05 Å². The molecule has 32 heavy (non-hydrogen) atoms. The average Bonchev–Trinajstić information content (AvgIpc) is 2.87. The minimum Gasteiger partial charge on any atom is -0.343 e. The zero-order valence-corrected chi connectivity index (χ0v) is 21.2. The average molecular weight is 434 g/mol. The van der Waals surface area contributed by atoms with Crippen LogP contribution in [0, 0.1) is 6.92 Å². The second-order valence-corrected chi connectivity index (χ2v) is 6.32. The molecule has 0 saturated carbocycles. The second kappa shape index (κ2) is 15.6. The van der Waals surface area contributed by atoms with Gasteiger partial charge in [-0.1, -0.05) is 90.1 Å². The van der Waals surface area contributed by atoms with Crippen LogP contribution in [0.4, 0.5) is 0 Å². The first-order chi connectivity index (χ1) is 15.5. The van der Waals surface area contributed by atoms with Crippen LogP contribution in [0.25, 0.3) is 21.8 Å². The Kier molecular flexibility index (Phi) is 14.0. The van der Waals surface area contributed by atoms with Gasteiger partial charge in [-0.15, -0.1) is 0 Å². The van der Waals surface area contributed by atoms with E-state index in [2.05, 4.69) is 0 Å². The van der Waals surface area contributed by atoms with Crippen molar-refractivity contribution in [2.45, 2.75) is 55.4 Å². The first kappa shape index (κ1) is 28.8. The van der Waals surface area contributed by atoms with Gasteiger partial charge in [0.05, 0.1) is 11.0 Å². The highest BCUT2D eigenvalue weighted by Crippen LogP contribution is 2.23.